The second-order valence-corrected chi connectivity index (χ2v) is 3.79. The molecule has 1 atom stereocenters. The van der Waals surface area contributed by atoms with E-state index in [0.717, 1.165) is 18.7 Å². The van der Waals surface area contributed by atoms with Gasteiger partial charge in [0, 0.05) is 31.4 Å². The van der Waals surface area contributed by atoms with Crippen molar-refractivity contribution in [3.63, 3.8) is 0 Å². The molecule has 0 aliphatic rings. The normalized spacial score (nSPS) is 12.6. The quantitative estimate of drug-likeness (QED) is 0.834. The van der Waals surface area contributed by atoms with Gasteiger partial charge in [0.25, 0.3) is 0 Å². The molecule has 2 aromatic heterocycles. The van der Waals surface area contributed by atoms with E-state index in [9.17, 15) is 0 Å². The third-order valence-corrected chi connectivity index (χ3v) is 2.61. The van der Waals surface area contributed by atoms with Gasteiger partial charge in [-0.15, -0.1) is 0 Å². The predicted molar refractivity (Wildman–Crippen MR) is 63.1 cm³/mol. The number of aromatic nitrogens is 1. The monoisotopic (exact) mass is 216 g/mol. The molecule has 2 aromatic rings. The molecule has 2 heterocycles. The highest BCUT2D eigenvalue weighted by atomic mass is 16.3. The van der Waals surface area contributed by atoms with Crippen molar-refractivity contribution in [1.82, 2.24) is 10.3 Å². The van der Waals surface area contributed by atoms with E-state index in [1.165, 1.54) is 5.56 Å². The van der Waals surface area contributed by atoms with Crippen LogP contribution in [0.2, 0.25) is 0 Å². The molecular formula is C13H16N2O. The van der Waals surface area contributed by atoms with Gasteiger partial charge in [0.05, 0.1) is 6.26 Å². The Morgan fingerprint density at radius 2 is 2.12 bits per heavy atom. The van der Waals surface area contributed by atoms with E-state index in [1.54, 1.807) is 6.26 Å². The first-order chi connectivity index (χ1) is 7.86. The molecule has 1 unspecified atom stereocenters. The lowest BCUT2D eigenvalue weighted by molar-refractivity contribution is 0.486. The molecular weight excluding hydrogens is 200 g/mol. The number of nitrogens with one attached hydrogen (secondary N) is 1. The molecule has 16 heavy (non-hydrogen) atoms. The Labute approximate surface area is 95.5 Å². The lowest BCUT2D eigenvalue weighted by Crippen LogP contribution is -2.21. The summed E-state index contributed by atoms with van der Waals surface area (Å²) in [5.41, 5.74) is 1.26. The third-order valence-electron chi connectivity index (χ3n) is 2.61. The highest BCUT2D eigenvalue weighted by molar-refractivity contribution is 5.13. The predicted octanol–water partition coefficient (Wildman–Crippen LogP) is 2.57. The SMILES string of the molecule is CC(NCCc1ccco1)c1ccncc1. The van der Waals surface area contributed by atoms with Gasteiger partial charge in [-0.3, -0.25) is 4.98 Å². The molecule has 0 radical (unpaired) electrons. The van der Waals surface area contributed by atoms with E-state index in [1.807, 2.05) is 36.7 Å². The van der Waals surface area contributed by atoms with Crippen molar-refractivity contribution in [3.05, 3.63) is 54.2 Å². The average Bonchev–Trinajstić information content (AvgIpc) is 2.83. The van der Waals surface area contributed by atoms with Gasteiger partial charge in [-0.25, -0.2) is 0 Å². The van der Waals surface area contributed by atoms with Crippen molar-refractivity contribution < 1.29 is 4.42 Å². The lowest BCUT2D eigenvalue weighted by atomic mass is 10.1. The van der Waals surface area contributed by atoms with Crippen molar-refractivity contribution in [2.75, 3.05) is 6.54 Å². The van der Waals surface area contributed by atoms with Crippen molar-refractivity contribution >= 4 is 0 Å². The molecule has 0 saturated carbocycles. The Kier molecular flexibility index (Phi) is 3.72. The van der Waals surface area contributed by atoms with Gasteiger partial charge in [-0.1, -0.05) is 0 Å². The van der Waals surface area contributed by atoms with E-state index in [4.69, 9.17) is 4.42 Å². The molecule has 2 rings (SSSR count). The van der Waals surface area contributed by atoms with Crippen molar-refractivity contribution in [3.8, 4) is 0 Å². The minimum Gasteiger partial charge on any atom is -0.469 e. The van der Waals surface area contributed by atoms with Crippen LogP contribution in [0.15, 0.2) is 47.3 Å². The topological polar surface area (TPSA) is 38.1 Å². The Morgan fingerprint density at radius 1 is 1.31 bits per heavy atom. The molecule has 1 N–H and O–H groups in total. The summed E-state index contributed by atoms with van der Waals surface area (Å²) >= 11 is 0. The van der Waals surface area contributed by atoms with Crippen LogP contribution in [-0.2, 0) is 6.42 Å². The molecule has 3 nitrogen and oxygen atoms in total. The molecule has 0 fully saturated rings. The third kappa shape index (κ3) is 2.94. The summed E-state index contributed by atoms with van der Waals surface area (Å²) < 4.78 is 5.27. The summed E-state index contributed by atoms with van der Waals surface area (Å²) in [5, 5.41) is 3.45. The van der Waals surface area contributed by atoms with Gasteiger partial charge < -0.3 is 9.73 Å². The second kappa shape index (κ2) is 5.47. The highest BCUT2D eigenvalue weighted by Gasteiger charge is 2.03. The first kappa shape index (κ1) is 10.9. The largest absolute Gasteiger partial charge is 0.469 e. The first-order valence-electron chi connectivity index (χ1n) is 5.52. The maximum absolute atomic E-state index is 5.27. The number of hydrogen-bond acceptors (Lipinski definition) is 3. The fourth-order valence-electron chi connectivity index (χ4n) is 1.64. The van der Waals surface area contributed by atoms with Gasteiger partial charge >= 0.3 is 0 Å². The molecule has 0 spiro atoms. The smallest absolute Gasteiger partial charge is 0.105 e. The van der Waals surface area contributed by atoms with Crippen LogP contribution in [0, 0.1) is 0 Å². The van der Waals surface area contributed by atoms with Crippen molar-refractivity contribution in [2.24, 2.45) is 0 Å². The van der Waals surface area contributed by atoms with Crippen molar-refractivity contribution in [1.29, 1.82) is 0 Å². The Hall–Kier alpha value is -1.61. The van der Waals surface area contributed by atoms with Crippen LogP contribution < -0.4 is 5.32 Å². The number of hydrogen-bond donors (Lipinski definition) is 1. The average molecular weight is 216 g/mol. The van der Waals surface area contributed by atoms with E-state index < -0.39 is 0 Å². The Balaban J connectivity index is 1.78. The van der Waals surface area contributed by atoms with Crippen molar-refractivity contribution in [2.45, 2.75) is 19.4 Å². The van der Waals surface area contributed by atoms with Gasteiger partial charge in [0.2, 0.25) is 0 Å². The zero-order valence-corrected chi connectivity index (χ0v) is 9.39. The maximum Gasteiger partial charge on any atom is 0.105 e. The molecule has 0 amide bonds. The second-order valence-electron chi connectivity index (χ2n) is 3.79. The molecule has 0 aliphatic heterocycles. The standard InChI is InChI=1S/C13H16N2O/c1-11(12-4-7-14-8-5-12)15-9-6-13-3-2-10-16-13/h2-5,7-8,10-11,15H,6,9H2,1H3. The van der Waals surface area contributed by atoms with Crippen LogP contribution >= 0.6 is 0 Å². The Bertz CT molecular complexity index is 397. The molecule has 0 bridgehead atoms. The first-order valence-corrected chi connectivity index (χ1v) is 5.52. The van der Waals surface area contributed by atoms with Crippen LogP contribution in [0.5, 0.6) is 0 Å². The fourth-order valence-corrected chi connectivity index (χ4v) is 1.64. The zero-order valence-electron chi connectivity index (χ0n) is 9.39. The van der Waals surface area contributed by atoms with Gasteiger partial charge in [0.1, 0.15) is 5.76 Å². The number of rotatable bonds is 5. The van der Waals surface area contributed by atoms with Crippen LogP contribution in [0.1, 0.15) is 24.3 Å². The lowest BCUT2D eigenvalue weighted by Gasteiger charge is -2.13. The molecule has 3 heteroatoms. The summed E-state index contributed by atoms with van der Waals surface area (Å²) in [4.78, 5) is 4.01. The van der Waals surface area contributed by atoms with Crippen LogP contribution in [-0.4, -0.2) is 11.5 Å². The summed E-state index contributed by atoms with van der Waals surface area (Å²) in [6.07, 6.45) is 6.27. The molecule has 0 aromatic carbocycles. The maximum atomic E-state index is 5.27. The van der Waals surface area contributed by atoms with E-state index in [2.05, 4.69) is 17.2 Å². The van der Waals surface area contributed by atoms with Crippen LogP contribution in [0.3, 0.4) is 0 Å². The van der Waals surface area contributed by atoms with E-state index in [-0.39, 0.29) is 0 Å². The number of furan rings is 1. The number of nitrogens with zero attached hydrogens (tertiary/aromatic N) is 1. The Morgan fingerprint density at radius 3 is 2.81 bits per heavy atom. The summed E-state index contributed by atoms with van der Waals surface area (Å²) in [6.45, 7) is 3.06. The molecule has 0 aliphatic carbocycles. The minimum atomic E-state index is 0.345. The van der Waals surface area contributed by atoms with Crippen LogP contribution in [0.4, 0.5) is 0 Å². The van der Waals surface area contributed by atoms with Gasteiger partial charge in [-0.05, 0) is 36.8 Å². The van der Waals surface area contributed by atoms with E-state index >= 15 is 0 Å². The summed E-state index contributed by atoms with van der Waals surface area (Å²) in [6, 6.07) is 8.33. The zero-order chi connectivity index (χ0) is 11.2. The van der Waals surface area contributed by atoms with Gasteiger partial charge in [0.15, 0.2) is 0 Å². The molecule has 84 valence electrons. The van der Waals surface area contributed by atoms with Gasteiger partial charge in [-0.2, -0.15) is 0 Å². The number of pyridine rings is 1. The minimum absolute atomic E-state index is 0.345. The summed E-state index contributed by atoms with van der Waals surface area (Å²) in [5.74, 6) is 1.02. The van der Waals surface area contributed by atoms with E-state index in [0.29, 0.717) is 6.04 Å². The van der Waals surface area contributed by atoms with Crippen LogP contribution in [0.25, 0.3) is 0 Å². The fraction of sp³-hybridized carbons (Fsp3) is 0.308. The summed E-state index contributed by atoms with van der Waals surface area (Å²) in [7, 11) is 0. The molecule has 0 saturated heterocycles. The highest BCUT2D eigenvalue weighted by Crippen LogP contribution is 2.10.